The van der Waals surface area contributed by atoms with E-state index in [2.05, 4.69) is 0 Å². The maximum Gasteiger partial charge on any atom is 0.227 e. The zero-order valence-corrected chi connectivity index (χ0v) is 13.5. The summed E-state index contributed by atoms with van der Waals surface area (Å²) in [4.78, 5) is 24.7. The van der Waals surface area contributed by atoms with E-state index in [1.165, 1.54) is 0 Å². The van der Waals surface area contributed by atoms with Crippen molar-refractivity contribution in [2.24, 2.45) is 5.92 Å². The van der Waals surface area contributed by atoms with Crippen LogP contribution in [0.4, 0.5) is 5.69 Å². The minimum atomic E-state index is 0.102. The van der Waals surface area contributed by atoms with Gasteiger partial charge in [-0.1, -0.05) is 0 Å². The fraction of sp³-hybridized carbons (Fsp3) is 0.263. The van der Waals surface area contributed by atoms with Crippen LogP contribution in [0.3, 0.4) is 0 Å². The number of carbonyl (C=O) groups is 2. The minimum Gasteiger partial charge on any atom is -0.497 e. The summed E-state index contributed by atoms with van der Waals surface area (Å²) < 4.78 is 10.9. The van der Waals surface area contributed by atoms with Gasteiger partial charge in [0.15, 0.2) is 0 Å². The Balaban J connectivity index is 1.58. The highest BCUT2D eigenvalue weighted by Gasteiger charge is 2.31. The Labute approximate surface area is 140 Å². The van der Waals surface area contributed by atoms with E-state index in [0.29, 0.717) is 30.9 Å². The van der Waals surface area contributed by atoms with Crippen LogP contribution in [-0.2, 0) is 4.79 Å². The molecule has 1 saturated heterocycles. The molecule has 1 aliphatic rings. The predicted octanol–water partition coefficient (Wildman–Crippen LogP) is 2.94. The average molecular weight is 325 g/mol. The molecule has 1 atom stereocenters. The lowest BCUT2D eigenvalue weighted by atomic mass is 10.1. The maximum absolute atomic E-state index is 12.2. The maximum atomic E-state index is 12.2. The molecule has 0 N–H and O–H groups in total. The van der Waals surface area contributed by atoms with Gasteiger partial charge in [0.05, 0.1) is 13.7 Å². The fourth-order valence-electron chi connectivity index (χ4n) is 2.76. The molecule has 24 heavy (non-hydrogen) atoms. The fourth-order valence-corrected chi connectivity index (χ4v) is 2.76. The molecule has 124 valence electrons. The molecule has 0 aliphatic carbocycles. The summed E-state index contributed by atoms with van der Waals surface area (Å²) in [5.74, 6) is 1.72. The highest BCUT2D eigenvalue weighted by atomic mass is 16.5. The second kappa shape index (κ2) is 7.17. The standard InChI is InChI=1S/C19H19NO4/c1-23-17-8-4-16(5-9-17)20-11-15(10-19(20)22)13-24-18-6-2-14(12-21)3-7-18/h2-9,12,15H,10-11,13H2,1H3. The summed E-state index contributed by atoms with van der Waals surface area (Å²) in [5.41, 5.74) is 1.49. The lowest BCUT2D eigenvalue weighted by Crippen LogP contribution is -2.25. The Morgan fingerprint density at radius 2 is 1.75 bits per heavy atom. The number of benzene rings is 2. The molecule has 1 heterocycles. The molecular weight excluding hydrogens is 306 g/mol. The first-order chi connectivity index (χ1) is 11.7. The molecule has 0 saturated carbocycles. The van der Waals surface area contributed by atoms with Gasteiger partial charge < -0.3 is 14.4 Å². The lowest BCUT2D eigenvalue weighted by molar-refractivity contribution is -0.117. The molecule has 0 bridgehead atoms. The normalized spacial score (nSPS) is 17.0. The molecule has 0 spiro atoms. The van der Waals surface area contributed by atoms with Gasteiger partial charge in [0.25, 0.3) is 0 Å². The summed E-state index contributed by atoms with van der Waals surface area (Å²) >= 11 is 0. The molecule has 0 aromatic heterocycles. The first kappa shape index (κ1) is 16.1. The number of hydrogen-bond acceptors (Lipinski definition) is 4. The Hall–Kier alpha value is -2.82. The molecule has 3 rings (SSSR count). The van der Waals surface area contributed by atoms with Gasteiger partial charge in [-0.15, -0.1) is 0 Å². The quantitative estimate of drug-likeness (QED) is 0.766. The number of anilines is 1. The molecule has 2 aromatic carbocycles. The van der Waals surface area contributed by atoms with Crippen LogP contribution < -0.4 is 14.4 Å². The lowest BCUT2D eigenvalue weighted by Gasteiger charge is -2.17. The van der Waals surface area contributed by atoms with Crippen molar-refractivity contribution < 1.29 is 19.1 Å². The van der Waals surface area contributed by atoms with Gasteiger partial charge in [0.1, 0.15) is 17.8 Å². The molecule has 5 heteroatoms. The molecule has 5 nitrogen and oxygen atoms in total. The summed E-state index contributed by atoms with van der Waals surface area (Å²) in [6.07, 6.45) is 1.27. The number of amides is 1. The molecule has 1 fully saturated rings. The van der Waals surface area contributed by atoms with Crippen molar-refractivity contribution in [3.63, 3.8) is 0 Å². The van der Waals surface area contributed by atoms with Crippen LogP contribution in [0.5, 0.6) is 11.5 Å². The molecule has 1 unspecified atom stereocenters. The third-order valence-electron chi connectivity index (χ3n) is 4.09. The van der Waals surface area contributed by atoms with Crippen molar-refractivity contribution in [2.75, 3.05) is 25.2 Å². The van der Waals surface area contributed by atoms with Crippen LogP contribution >= 0.6 is 0 Å². The summed E-state index contributed by atoms with van der Waals surface area (Å²) in [6, 6.07) is 14.4. The van der Waals surface area contributed by atoms with E-state index in [4.69, 9.17) is 9.47 Å². The van der Waals surface area contributed by atoms with E-state index >= 15 is 0 Å². The van der Waals surface area contributed by atoms with Gasteiger partial charge in [0, 0.05) is 30.1 Å². The highest BCUT2D eigenvalue weighted by molar-refractivity contribution is 5.95. The minimum absolute atomic E-state index is 0.102. The predicted molar refractivity (Wildman–Crippen MR) is 90.8 cm³/mol. The van der Waals surface area contributed by atoms with Crippen LogP contribution in [0.15, 0.2) is 48.5 Å². The molecule has 0 radical (unpaired) electrons. The Morgan fingerprint density at radius 3 is 2.38 bits per heavy atom. The van der Waals surface area contributed by atoms with Crippen molar-refractivity contribution in [3.8, 4) is 11.5 Å². The van der Waals surface area contributed by atoms with Crippen molar-refractivity contribution >= 4 is 17.9 Å². The number of carbonyl (C=O) groups excluding carboxylic acids is 2. The van der Waals surface area contributed by atoms with E-state index in [1.54, 1.807) is 36.3 Å². The van der Waals surface area contributed by atoms with Crippen LogP contribution in [0, 0.1) is 5.92 Å². The van der Waals surface area contributed by atoms with Gasteiger partial charge in [-0.3, -0.25) is 9.59 Å². The van der Waals surface area contributed by atoms with Crippen LogP contribution in [-0.4, -0.2) is 32.5 Å². The first-order valence-electron chi connectivity index (χ1n) is 7.82. The topological polar surface area (TPSA) is 55.8 Å². The number of nitrogens with zero attached hydrogens (tertiary/aromatic N) is 1. The SMILES string of the molecule is COc1ccc(N2CC(COc3ccc(C=O)cc3)CC2=O)cc1. The van der Waals surface area contributed by atoms with Gasteiger partial charge >= 0.3 is 0 Å². The van der Waals surface area contributed by atoms with Crippen molar-refractivity contribution in [1.82, 2.24) is 0 Å². The van der Waals surface area contributed by atoms with Crippen LogP contribution in [0.1, 0.15) is 16.8 Å². The smallest absolute Gasteiger partial charge is 0.227 e. The summed E-state index contributed by atoms with van der Waals surface area (Å²) in [7, 11) is 1.62. The van der Waals surface area contributed by atoms with Crippen molar-refractivity contribution in [1.29, 1.82) is 0 Å². The first-order valence-corrected chi connectivity index (χ1v) is 7.82. The third-order valence-corrected chi connectivity index (χ3v) is 4.09. The largest absolute Gasteiger partial charge is 0.497 e. The second-order valence-electron chi connectivity index (χ2n) is 5.77. The average Bonchev–Trinajstić information content (AvgIpc) is 3.01. The zero-order valence-electron chi connectivity index (χ0n) is 13.5. The Kier molecular flexibility index (Phi) is 4.79. The molecular formula is C19H19NO4. The summed E-state index contributed by atoms with van der Waals surface area (Å²) in [6.45, 7) is 1.11. The van der Waals surface area contributed by atoms with E-state index in [0.717, 1.165) is 17.7 Å². The van der Waals surface area contributed by atoms with Gasteiger partial charge in [-0.2, -0.15) is 0 Å². The van der Waals surface area contributed by atoms with Crippen molar-refractivity contribution in [2.45, 2.75) is 6.42 Å². The number of ether oxygens (including phenoxy) is 2. The second-order valence-corrected chi connectivity index (χ2v) is 5.77. The van der Waals surface area contributed by atoms with E-state index in [1.807, 2.05) is 24.3 Å². The van der Waals surface area contributed by atoms with Gasteiger partial charge in [-0.05, 0) is 48.5 Å². The van der Waals surface area contributed by atoms with Gasteiger partial charge in [0.2, 0.25) is 5.91 Å². The summed E-state index contributed by atoms with van der Waals surface area (Å²) in [5, 5.41) is 0. The van der Waals surface area contributed by atoms with Crippen LogP contribution in [0.25, 0.3) is 0 Å². The number of rotatable bonds is 6. The molecule has 1 amide bonds. The third kappa shape index (κ3) is 3.56. The monoisotopic (exact) mass is 325 g/mol. The van der Waals surface area contributed by atoms with Crippen LogP contribution in [0.2, 0.25) is 0 Å². The van der Waals surface area contributed by atoms with E-state index in [9.17, 15) is 9.59 Å². The van der Waals surface area contributed by atoms with E-state index < -0.39 is 0 Å². The Morgan fingerprint density at radius 1 is 1.08 bits per heavy atom. The highest BCUT2D eigenvalue weighted by Crippen LogP contribution is 2.27. The number of methoxy groups -OCH3 is 1. The zero-order chi connectivity index (χ0) is 16.9. The molecule has 1 aliphatic heterocycles. The number of hydrogen-bond donors (Lipinski definition) is 0. The Bertz CT molecular complexity index is 709. The van der Waals surface area contributed by atoms with Gasteiger partial charge in [-0.25, -0.2) is 0 Å². The number of aldehydes is 1. The van der Waals surface area contributed by atoms with Crippen molar-refractivity contribution in [3.05, 3.63) is 54.1 Å². The van der Waals surface area contributed by atoms with E-state index in [-0.39, 0.29) is 11.8 Å². The molecule has 2 aromatic rings.